The number of nitrogen functional groups attached to an aromatic ring is 1. The van der Waals surface area contributed by atoms with Gasteiger partial charge in [-0.3, -0.25) is 0 Å². The predicted octanol–water partition coefficient (Wildman–Crippen LogP) is 1.29. The molecule has 9 heavy (non-hydrogen) atoms. The summed E-state index contributed by atoms with van der Waals surface area (Å²) in [6, 6.07) is 0. The Hall–Kier alpha value is 0.410. The molecule has 0 aromatic carbocycles. The molecule has 4 heteroatoms. The number of hydrogen-bond acceptors (Lipinski definition) is 1. The average molecular weight is 347 g/mol. The Morgan fingerprint density at radius 2 is 1.67 bits per heavy atom. The van der Waals surface area contributed by atoms with E-state index >= 15 is 0 Å². The molecule has 0 atom stereocenters. The van der Waals surface area contributed by atoms with E-state index in [1.54, 1.807) is 0 Å². The summed E-state index contributed by atoms with van der Waals surface area (Å²) >= 11 is 4.38. The lowest BCUT2D eigenvalue weighted by molar-refractivity contribution is -0.379. The van der Waals surface area contributed by atoms with Crippen LogP contribution in [0, 0.1) is 7.14 Å². The van der Waals surface area contributed by atoms with Gasteiger partial charge in [0.2, 0.25) is 0 Å². The van der Waals surface area contributed by atoms with Crippen LogP contribution in [0.15, 0.2) is 12.4 Å². The molecule has 1 heterocycles. The maximum Gasteiger partial charge on any atom is 0.182 e. The van der Waals surface area contributed by atoms with Crippen LogP contribution in [0.25, 0.3) is 0 Å². The fraction of sp³-hybridized carbons (Fsp3) is 0. The zero-order valence-electron chi connectivity index (χ0n) is 4.49. The van der Waals surface area contributed by atoms with Gasteiger partial charge in [-0.05, 0) is 45.2 Å². The Morgan fingerprint density at radius 3 is 2.00 bits per heavy atom. The van der Waals surface area contributed by atoms with Gasteiger partial charge in [-0.15, -0.1) is 0 Å². The number of nitrogens with two attached hydrogens (primary N) is 1. The van der Waals surface area contributed by atoms with Gasteiger partial charge in [-0.25, -0.2) is 4.98 Å². The molecular formula is C5H5I2N2+. The van der Waals surface area contributed by atoms with Crippen LogP contribution in [0.4, 0.5) is 5.69 Å². The molecule has 0 aliphatic carbocycles. The van der Waals surface area contributed by atoms with Gasteiger partial charge in [0, 0.05) is 0 Å². The van der Waals surface area contributed by atoms with Crippen molar-refractivity contribution in [2.75, 3.05) is 5.73 Å². The number of pyridine rings is 1. The number of anilines is 1. The van der Waals surface area contributed by atoms with Gasteiger partial charge in [-0.2, -0.15) is 0 Å². The van der Waals surface area contributed by atoms with Crippen LogP contribution >= 0.6 is 45.2 Å². The number of aromatic amines is 1. The standard InChI is InChI=1S/C5H4I2N2/c6-3-1-9-2-4(7)5(3)8/h1-2H,(H2,8,9)/p+1. The number of aromatic nitrogens is 1. The first-order chi connectivity index (χ1) is 4.22. The van der Waals surface area contributed by atoms with Gasteiger partial charge in [0.15, 0.2) is 12.4 Å². The molecule has 0 fully saturated rings. The van der Waals surface area contributed by atoms with Gasteiger partial charge < -0.3 is 5.73 Å². The second kappa shape index (κ2) is 3.00. The molecule has 0 amide bonds. The molecule has 0 unspecified atom stereocenters. The molecule has 0 aliphatic heterocycles. The van der Waals surface area contributed by atoms with Crippen LogP contribution in [-0.4, -0.2) is 0 Å². The molecule has 1 aromatic heterocycles. The lowest BCUT2D eigenvalue weighted by atomic mass is 10.4. The van der Waals surface area contributed by atoms with Crippen molar-refractivity contribution in [2.45, 2.75) is 0 Å². The van der Waals surface area contributed by atoms with E-state index in [0.29, 0.717) is 0 Å². The zero-order valence-corrected chi connectivity index (χ0v) is 8.80. The second-order valence-electron chi connectivity index (χ2n) is 1.56. The summed E-state index contributed by atoms with van der Waals surface area (Å²) in [7, 11) is 0. The van der Waals surface area contributed by atoms with Crippen LogP contribution in [0.1, 0.15) is 0 Å². The van der Waals surface area contributed by atoms with E-state index in [1.807, 2.05) is 12.4 Å². The van der Waals surface area contributed by atoms with Crippen molar-refractivity contribution in [2.24, 2.45) is 0 Å². The van der Waals surface area contributed by atoms with Crippen molar-refractivity contribution in [3.63, 3.8) is 0 Å². The minimum absolute atomic E-state index is 0.856. The maximum absolute atomic E-state index is 5.65. The van der Waals surface area contributed by atoms with Gasteiger partial charge >= 0.3 is 0 Å². The molecule has 1 rings (SSSR count). The van der Waals surface area contributed by atoms with Gasteiger partial charge in [0.25, 0.3) is 0 Å². The highest BCUT2D eigenvalue weighted by atomic mass is 127. The summed E-state index contributed by atoms with van der Waals surface area (Å²) in [5, 5.41) is 0. The van der Waals surface area contributed by atoms with Crippen LogP contribution < -0.4 is 10.7 Å². The highest BCUT2D eigenvalue weighted by molar-refractivity contribution is 14.1. The van der Waals surface area contributed by atoms with Gasteiger partial charge in [-0.1, -0.05) is 0 Å². The molecule has 2 nitrogen and oxygen atoms in total. The van der Waals surface area contributed by atoms with Crippen molar-refractivity contribution in [1.82, 2.24) is 0 Å². The third-order valence-corrected chi connectivity index (χ3v) is 2.72. The summed E-state index contributed by atoms with van der Waals surface area (Å²) in [5.41, 5.74) is 6.50. The summed E-state index contributed by atoms with van der Waals surface area (Å²) < 4.78 is 2.14. The Balaban J connectivity index is 3.25. The maximum atomic E-state index is 5.65. The summed E-state index contributed by atoms with van der Waals surface area (Å²) in [6.45, 7) is 0. The number of nitrogens with one attached hydrogen (secondary N) is 1. The summed E-state index contributed by atoms with van der Waals surface area (Å²) in [6.07, 6.45) is 3.75. The number of hydrogen-bond donors (Lipinski definition) is 1. The summed E-state index contributed by atoms with van der Waals surface area (Å²) in [4.78, 5) is 2.97. The number of halogens is 2. The Kier molecular flexibility index (Phi) is 2.50. The van der Waals surface area contributed by atoms with E-state index in [2.05, 4.69) is 50.2 Å². The fourth-order valence-electron chi connectivity index (χ4n) is 0.458. The second-order valence-corrected chi connectivity index (χ2v) is 3.89. The third kappa shape index (κ3) is 1.66. The topological polar surface area (TPSA) is 40.2 Å². The first-order valence-electron chi connectivity index (χ1n) is 2.32. The Morgan fingerprint density at radius 1 is 1.22 bits per heavy atom. The van der Waals surface area contributed by atoms with E-state index in [4.69, 9.17) is 5.73 Å². The average Bonchev–Trinajstić information content (AvgIpc) is 1.83. The van der Waals surface area contributed by atoms with E-state index in [1.165, 1.54) is 0 Å². The molecule has 0 saturated carbocycles. The fourth-order valence-corrected chi connectivity index (χ4v) is 1.91. The zero-order chi connectivity index (χ0) is 6.85. The molecule has 48 valence electrons. The molecule has 0 radical (unpaired) electrons. The van der Waals surface area contributed by atoms with Gasteiger partial charge in [0.05, 0.1) is 5.69 Å². The molecular weight excluding hydrogens is 342 g/mol. The minimum atomic E-state index is 0.856. The van der Waals surface area contributed by atoms with Crippen LogP contribution in [0.2, 0.25) is 0 Å². The Labute approximate surface area is 80.5 Å². The Bertz CT molecular complexity index is 204. The van der Waals surface area contributed by atoms with Crippen molar-refractivity contribution in [3.8, 4) is 0 Å². The van der Waals surface area contributed by atoms with Crippen LogP contribution in [0.3, 0.4) is 0 Å². The van der Waals surface area contributed by atoms with Crippen molar-refractivity contribution < 1.29 is 4.98 Å². The van der Waals surface area contributed by atoms with Gasteiger partial charge in [0.1, 0.15) is 7.14 Å². The van der Waals surface area contributed by atoms with E-state index in [9.17, 15) is 0 Å². The largest absolute Gasteiger partial charge is 0.397 e. The monoisotopic (exact) mass is 347 g/mol. The summed E-state index contributed by atoms with van der Waals surface area (Å²) in [5.74, 6) is 0. The molecule has 3 N–H and O–H groups in total. The van der Waals surface area contributed by atoms with E-state index in [0.717, 1.165) is 12.8 Å². The minimum Gasteiger partial charge on any atom is -0.397 e. The van der Waals surface area contributed by atoms with E-state index in [-0.39, 0.29) is 0 Å². The lowest BCUT2D eigenvalue weighted by Crippen LogP contribution is -2.05. The first-order valence-corrected chi connectivity index (χ1v) is 4.48. The van der Waals surface area contributed by atoms with E-state index < -0.39 is 0 Å². The number of H-pyrrole nitrogens is 1. The molecule has 0 spiro atoms. The first kappa shape index (κ1) is 7.52. The molecule has 0 saturated heterocycles. The smallest absolute Gasteiger partial charge is 0.182 e. The third-order valence-electron chi connectivity index (χ3n) is 0.935. The predicted molar refractivity (Wildman–Crippen MR) is 52.8 cm³/mol. The molecule has 1 aromatic rings. The lowest BCUT2D eigenvalue weighted by Gasteiger charge is -1.92. The SMILES string of the molecule is Nc1c(I)c[nH+]cc1I. The van der Waals surface area contributed by atoms with Crippen LogP contribution in [-0.2, 0) is 0 Å². The normalized spacial score (nSPS) is 9.56. The molecule has 0 bridgehead atoms. The molecule has 0 aliphatic rings. The number of rotatable bonds is 0. The highest BCUT2D eigenvalue weighted by Crippen LogP contribution is 2.17. The van der Waals surface area contributed by atoms with Crippen LogP contribution in [0.5, 0.6) is 0 Å². The quantitative estimate of drug-likeness (QED) is 0.707. The van der Waals surface area contributed by atoms with Crippen molar-refractivity contribution >= 4 is 50.9 Å². The highest BCUT2D eigenvalue weighted by Gasteiger charge is 2.01. The van der Waals surface area contributed by atoms with Crippen molar-refractivity contribution in [3.05, 3.63) is 19.5 Å². The van der Waals surface area contributed by atoms with Crippen molar-refractivity contribution in [1.29, 1.82) is 0 Å².